The van der Waals surface area contributed by atoms with Crippen LogP contribution in [0.1, 0.15) is 28.2 Å². The summed E-state index contributed by atoms with van der Waals surface area (Å²) in [6.07, 6.45) is 6.80. The standard InChI is InChI=1S/C17H21ClN8O2/c1-11-13(18)10-26(23-11)5-4-15(27)22-14-8-21-25(3)16(14)17(28)19-6-12-7-20-24(2)9-12/h7-10H,4-6H2,1-3H3,(H,19,28)(H,22,27). The zero-order valence-electron chi connectivity index (χ0n) is 15.8. The molecule has 0 radical (unpaired) electrons. The van der Waals surface area contributed by atoms with Gasteiger partial charge in [-0.3, -0.25) is 23.6 Å². The van der Waals surface area contributed by atoms with E-state index in [4.69, 9.17) is 11.6 Å². The van der Waals surface area contributed by atoms with Crippen molar-refractivity contribution < 1.29 is 9.59 Å². The van der Waals surface area contributed by atoms with E-state index in [1.807, 2.05) is 6.20 Å². The maximum atomic E-state index is 12.5. The zero-order valence-corrected chi connectivity index (χ0v) is 16.6. The van der Waals surface area contributed by atoms with Gasteiger partial charge in [0.15, 0.2) is 0 Å². The van der Waals surface area contributed by atoms with Crippen molar-refractivity contribution in [2.24, 2.45) is 14.1 Å². The fourth-order valence-electron chi connectivity index (χ4n) is 2.66. The Hall–Kier alpha value is -3.14. The molecule has 0 aliphatic heterocycles. The number of anilines is 1. The molecule has 0 saturated heterocycles. The minimum Gasteiger partial charge on any atom is -0.346 e. The van der Waals surface area contributed by atoms with Gasteiger partial charge in [0, 0.05) is 51.6 Å². The van der Waals surface area contributed by atoms with Gasteiger partial charge in [0.05, 0.1) is 28.8 Å². The van der Waals surface area contributed by atoms with Gasteiger partial charge in [0.2, 0.25) is 5.91 Å². The Morgan fingerprint density at radius 1 is 1.18 bits per heavy atom. The number of carbonyl (C=O) groups excluding carboxylic acids is 2. The normalized spacial score (nSPS) is 10.9. The van der Waals surface area contributed by atoms with E-state index in [0.717, 1.165) is 5.56 Å². The van der Waals surface area contributed by atoms with Gasteiger partial charge in [-0.05, 0) is 6.92 Å². The van der Waals surface area contributed by atoms with Gasteiger partial charge in [-0.15, -0.1) is 0 Å². The third kappa shape index (κ3) is 4.58. The summed E-state index contributed by atoms with van der Waals surface area (Å²) in [5.41, 5.74) is 2.21. The Morgan fingerprint density at radius 3 is 2.61 bits per heavy atom. The molecule has 0 fully saturated rings. The Balaban J connectivity index is 1.59. The summed E-state index contributed by atoms with van der Waals surface area (Å²) in [4.78, 5) is 24.8. The molecular formula is C17H21ClN8O2. The highest BCUT2D eigenvalue weighted by molar-refractivity contribution is 6.31. The Bertz CT molecular complexity index is 983. The van der Waals surface area contributed by atoms with E-state index in [0.29, 0.717) is 29.5 Å². The lowest BCUT2D eigenvalue weighted by molar-refractivity contribution is -0.116. The third-order valence-electron chi connectivity index (χ3n) is 4.09. The number of aryl methyl sites for hydroxylation is 4. The van der Waals surface area contributed by atoms with Crippen molar-refractivity contribution in [1.82, 2.24) is 34.7 Å². The average molecular weight is 405 g/mol. The molecule has 3 aromatic rings. The van der Waals surface area contributed by atoms with Gasteiger partial charge in [-0.2, -0.15) is 15.3 Å². The van der Waals surface area contributed by atoms with Crippen LogP contribution in [-0.2, 0) is 32.0 Å². The van der Waals surface area contributed by atoms with Crippen molar-refractivity contribution in [2.75, 3.05) is 5.32 Å². The van der Waals surface area contributed by atoms with Crippen molar-refractivity contribution >= 4 is 29.1 Å². The highest BCUT2D eigenvalue weighted by atomic mass is 35.5. The Morgan fingerprint density at radius 2 is 1.96 bits per heavy atom. The number of aromatic nitrogens is 6. The molecule has 28 heavy (non-hydrogen) atoms. The van der Waals surface area contributed by atoms with Gasteiger partial charge in [-0.1, -0.05) is 11.6 Å². The van der Waals surface area contributed by atoms with E-state index in [9.17, 15) is 9.59 Å². The molecule has 11 heteroatoms. The second kappa shape index (κ2) is 8.26. The van der Waals surface area contributed by atoms with Crippen LogP contribution in [0, 0.1) is 6.92 Å². The molecule has 2 amide bonds. The molecule has 0 spiro atoms. The van der Waals surface area contributed by atoms with Gasteiger partial charge in [0.1, 0.15) is 5.69 Å². The number of nitrogens with zero attached hydrogens (tertiary/aromatic N) is 6. The molecule has 0 saturated carbocycles. The monoisotopic (exact) mass is 404 g/mol. The quantitative estimate of drug-likeness (QED) is 0.616. The summed E-state index contributed by atoms with van der Waals surface area (Å²) in [5, 5.41) is 18.4. The van der Waals surface area contributed by atoms with Gasteiger partial charge < -0.3 is 10.6 Å². The van der Waals surface area contributed by atoms with Gasteiger partial charge in [-0.25, -0.2) is 0 Å². The fourth-order valence-corrected chi connectivity index (χ4v) is 2.81. The van der Waals surface area contributed by atoms with E-state index < -0.39 is 0 Å². The van der Waals surface area contributed by atoms with Crippen LogP contribution in [0.3, 0.4) is 0 Å². The topological polar surface area (TPSA) is 112 Å². The number of carbonyl (C=O) groups is 2. The van der Waals surface area contributed by atoms with Crippen molar-refractivity contribution in [3.8, 4) is 0 Å². The first-order valence-corrected chi connectivity index (χ1v) is 8.98. The minimum absolute atomic E-state index is 0.184. The average Bonchev–Trinajstić information content (AvgIpc) is 3.31. The molecule has 0 atom stereocenters. The Labute approximate surface area is 166 Å². The minimum atomic E-state index is -0.339. The lowest BCUT2D eigenvalue weighted by Gasteiger charge is -2.08. The van der Waals surface area contributed by atoms with Crippen LogP contribution in [0.25, 0.3) is 0 Å². The van der Waals surface area contributed by atoms with E-state index >= 15 is 0 Å². The molecule has 2 N–H and O–H groups in total. The van der Waals surface area contributed by atoms with Crippen LogP contribution in [0.5, 0.6) is 0 Å². The molecule has 3 aromatic heterocycles. The second-order valence-electron chi connectivity index (χ2n) is 6.36. The molecule has 0 aliphatic rings. The second-order valence-corrected chi connectivity index (χ2v) is 6.77. The number of nitrogens with one attached hydrogen (secondary N) is 2. The summed E-state index contributed by atoms with van der Waals surface area (Å²) in [7, 11) is 3.45. The van der Waals surface area contributed by atoms with Crippen LogP contribution in [-0.4, -0.2) is 41.2 Å². The number of hydrogen-bond donors (Lipinski definition) is 2. The van der Waals surface area contributed by atoms with Crippen molar-refractivity contribution in [3.05, 3.63) is 46.8 Å². The summed E-state index contributed by atoms with van der Waals surface area (Å²) in [6.45, 7) is 2.50. The molecular weight excluding hydrogens is 384 g/mol. The molecule has 0 unspecified atom stereocenters. The lowest BCUT2D eigenvalue weighted by Crippen LogP contribution is -2.26. The van der Waals surface area contributed by atoms with Gasteiger partial charge >= 0.3 is 0 Å². The maximum absolute atomic E-state index is 12.5. The molecule has 0 aromatic carbocycles. The predicted molar refractivity (Wildman–Crippen MR) is 103 cm³/mol. The van der Waals surface area contributed by atoms with E-state index in [1.165, 1.54) is 10.9 Å². The zero-order chi connectivity index (χ0) is 20.3. The lowest BCUT2D eigenvalue weighted by atomic mass is 10.3. The number of hydrogen-bond acceptors (Lipinski definition) is 5. The molecule has 0 aliphatic carbocycles. The van der Waals surface area contributed by atoms with Crippen molar-refractivity contribution in [3.63, 3.8) is 0 Å². The Kier molecular flexibility index (Phi) is 5.78. The van der Waals surface area contributed by atoms with Crippen LogP contribution in [0.4, 0.5) is 5.69 Å². The van der Waals surface area contributed by atoms with E-state index in [-0.39, 0.29) is 23.9 Å². The molecule has 148 valence electrons. The van der Waals surface area contributed by atoms with E-state index in [2.05, 4.69) is 25.9 Å². The summed E-state index contributed by atoms with van der Waals surface area (Å²) < 4.78 is 4.69. The third-order valence-corrected chi connectivity index (χ3v) is 4.46. The summed E-state index contributed by atoms with van der Waals surface area (Å²) in [6, 6.07) is 0. The van der Waals surface area contributed by atoms with Gasteiger partial charge in [0.25, 0.3) is 5.91 Å². The number of halogens is 1. The fraction of sp³-hybridized carbons (Fsp3) is 0.353. The first-order valence-electron chi connectivity index (χ1n) is 8.60. The van der Waals surface area contributed by atoms with Crippen LogP contribution in [0.2, 0.25) is 5.02 Å². The van der Waals surface area contributed by atoms with E-state index in [1.54, 1.807) is 42.8 Å². The summed E-state index contributed by atoms with van der Waals surface area (Å²) >= 11 is 5.96. The first kappa shape index (κ1) is 19.6. The highest BCUT2D eigenvalue weighted by Gasteiger charge is 2.19. The SMILES string of the molecule is Cc1nn(CCC(=O)Nc2cnn(C)c2C(=O)NCc2cnn(C)c2)cc1Cl. The highest BCUT2D eigenvalue weighted by Crippen LogP contribution is 2.16. The maximum Gasteiger partial charge on any atom is 0.271 e. The molecule has 0 bridgehead atoms. The van der Waals surface area contributed by atoms with Crippen molar-refractivity contribution in [1.29, 1.82) is 0 Å². The van der Waals surface area contributed by atoms with Crippen LogP contribution in [0.15, 0.2) is 24.8 Å². The smallest absolute Gasteiger partial charge is 0.271 e. The number of amides is 2. The summed E-state index contributed by atoms with van der Waals surface area (Å²) in [5.74, 6) is -0.591. The first-order chi connectivity index (χ1) is 13.3. The molecule has 3 rings (SSSR count). The molecule has 3 heterocycles. The largest absolute Gasteiger partial charge is 0.346 e. The predicted octanol–water partition coefficient (Wildman–Crippen LogP) is 1.27. The number of rotatable bonds is 7. The van der Waals surface area contributed by atoms with Crippen LogP contribution < -0.4 is 10.6 Å². The van der Waals surface area contributed by atoms with Crippen LogP contribution >= 0.6 is 11.6 Å². The van der Waals surface area contributed by atoms with Crippen molar-refractivity contribution in [2.45, 2.75) is 26.4 Å². The molecule has 10 nitrogen and oxygen atoms in total.